The summed E-state index contributed by atoms with van der Waals surface area (Å²) >= 11 is 0. The lowest BCUT2D eigenvalue weighted by Gasteiger charge is -2.06. The highest BCUT2D eigenvalue weighted by Crippen LogP contribution is 2.19. The molecule has 1 aromatic carbocycles. The molecule has 0 fully saturated rings. The zero-order valence-electron chi connectivity index (χ0n) is 11.1. The molecule has 0 spiro atoms. The normalized spacial score (nSPS) is 10.8. The number of aryl methyl sites for hydroxylation is 3. The fourth-order valence-electron chi connectivity index (χ4n) is 2.30. The lowest BCUT2D eigenvalue weighted by atomic mass is 10.2. The van der Waals surface area contributed by atoms with Crippen molar-refractivity contribution < 1.29 is 0 Å². The van der Waals surface area contributed by atoms with Crippen LogP contribution in [0.5, 0.6) is 0 Å². The summed E-state index contributed by atoms with van der Waals surface area (Å²) in [7, 11) is 1.96. The number of rotatable bonds is 3. The second-order valence-corrected chi connectivity index (χ2v) is 4.64. The summed E-state index contributed by atoms with van der Waals surface area (Å²) in [5.74, 6) is 1.45. The number of nitrogens with two attached hydrogens (primary N) is 1. The highest BCUT2D eigenvalue weighted by molar-refractivity contribution is 5.79. The second kappa shape index (κ2) is 4.70. The fourth-order valence-corrected chi connectivity index (χ4v) is 2.30. The first-order valence-electron chi connectivity index (χ1n) is 6.31. The summed E-state index contributed by atoms with van der Waals surface area (Å²) in [4.78, 5) is 8.61. The monoisotopic (exact) mass is 266 g/mol. The molecule has 0 saturated carbocycles. The van der Waals surface area contributed by atoms with Gasteiger partial charge in [-0.15, -0.1) is 0 Å². The van der Waals surface area contributed by atoms with E-state index in [2.05, 4.69) is 16.0 Å². The Hall–Kier alpha value is -2.81. The van der Waals surface area contributed by atoms with Gasteiger partial charge < -0.3 is 14.9 Å². The fraction of sp³-hybridized carbons (Fsp3) is 0.214. The summed E-state index contributed by atoms with van der Waals surface area (Å²) in [6, 6.07) is 7.52. The van der Waals surface area contributed by atoms with Crippen molar-refractivity contribution in [1.82, 2.24) is 19.1 Å². The maximum absolute atomic E-state index is 8.99. The SMILES string of the molecule is Cn1ccnc1CCn1c(N)nc2ccc(C#N)cc21. The number of nitrogen functional groups attached to an aromatic ring is 1. The third-order valence-corrected chi connectivity index (χ3v) is 3.39. The van der Waals surface area contributed by atoms with E-state index in [4.69, 9.17) is 11.0 Å². The molecule has 100 valence electrons. The van der Waals surface area contributed by atoms with E-state index in [1.54, 1.807) is 12.3 Å². The molecule has 0 unspecified atom stereocenters. The Labute approximate surface area is 116 Å². The molecule has 0 saturated heterocycles. The van der Waals surface area contributed by atoms with Crippen LogP contribution in [0, 0.1) is 11.3 Å². The minimum absolute atomic E-state index is 0.462. The molecule has 0 aliphatic carbocycles. The van der Waals surface area contributed by atoms with Crippen LogP contribution in [-0.4, -0.2) is 19.1 Å². The van der Waals surface area contributed by atoms with Crippen molar-refractivity contribution in [2.45, 2.75) is 13.0 Å². The van der Waals surface area contributed by atoms with Crippen molar-refractivity contribution >= 4 is 17.0 Å². The van der Waals surface area contributed by atoms with Crippen LogP contribution in [-0.2, 0) is 20.0 Å². The first-order chi connectivity index (χ1) is 9.69. The molecule has 3 rings (SSSR count). The van der Waals surface area contributed by atoms with Crippen LogP contribution in [0.2, 0.25) is 0 Å². The van der Waals surface area contributed by atoms with Crippen LogP contribution < -0.4 is 5.73 Å². The number of hydrogen-bond donors (Lipinski definition) is 1. The van der Waals surface area contributed by atoms with Crippen molar-refractivity contribution in [3.63, 3.8) is 0 Å². The zero-order valence-corrected chi connectivity index (χ0v) is 11.1. The predicted octanol–water partition coefficient (Wildman–Crippen LogP) is 1.47. The third-order valence-electron chi connectivity index (χ3n) is 3.39. The number of hydrogen-bond acceptors (Lipinski definition) is 4. The zero-order chi connectivity index (χ0) is 14.1. The first kappa shape index (κ1) is 12.2. The van der Waals surface area contributed by atoms with E-state index in [1.807, 2.05) is 34.5 Å². The average Bonchev–Trinajstić information content (AvgIpc) is 2.99. The molecule has 0 bridgehead atoms. The number of benzene rings is 1. The number of fused-ring (bicyclic) bond motifs is 1. The van der Waals surface area contributed by atoms with E-state index in [0.717, 1.165) is 23.3 Å². The van der Waals surface area contributed by atoms with E-state index in [-0.39, 0.29) is 0 Å². The Morgan fingerprint density at radius 2 is 2.25 bits per heavy atom. The summed E-state index contributed by atoms with van der Waals surface area (Å²) in [6.07, 6.45) is 4.45. The van der Waals surface area contributed by atoms with Gasteiger partial charge in [-0.3, -0.25) is 0 Å². The molecule has 0 atom stereocenters. The van der Waals surface area contributed by atoms with Crippen LogP contribution >= 0.6 is 0 Å². The summed E-state index contributed by atoms with van der Waals surface area (Å²) in [6.45, 7) is 0.683. The summed E-state index contributed by atoms with van der Waals surface area (Å²) in [5, 5.41) is 8.99. The Balaban J connectivity index is 1.96. The van der Waals surface area contributed by atoms with E-state index >= 15 is 0 Å². The molecule has 0 aliphatic heterocycles. The molecule has 3 aromatic rings. The molecule has 20 heavy (non-hydrogen) atoms. The Morgan fingerprint density at radius 3 is 2.95 bits per heavy atom. The highest BCUT2D eigenvalue weighted by Gasteiger charge is 2.10. The van der Waals surface area contributed by atoms with Gasteiger partial charge >= 0.3 is 0 Å². The topological polar surface area (TPSA) is 85.4 Å². The van der Waals surface area contributed by atoms with Crippen LogP contribution in [0.3, 0.4) is 0 Å². The lowest BCUT2D eigenvalue weighted by molar-refractivity contribution is 0.670. The third kappa shape index (κ3) is 1.99. The van der Waals surface area contributed by atoms with Crippen molar-refractivity contribution in [3.8, 4) is 6.07 Å². The molecule has 0 radical (unpaired) electrons. The van der Waals surface area contributed by atoms with Gasteiger partial charge in [0.2, 0.25) is 5.95 Å². The molecular formula is C14H14N6. The number of nitrogens with zero attached hydrogens (tertiary/aromatic N) is 5. The van der Waals surface area contributed by atoms with Crippen molar-refractivity contribution in [1.29, 1.82) is 5.26 Å². The number of anilines is 1. The summed E-state index contributed by atoms with van der Waals surface area (Å²) < 4.78 is 3.90. The molecule has 0 aliphatic rings. The number of imidazole rings is 2. The van der Waals surface area contributed by atoms with Crippen molar-refractivity contribution in [3.05, 3.63) is 42.0 Å². The molecule has 0 amide bonds. The average molecular weight is 266 g/mol. The standard InChI is InChI=1S/C14H14N6/c1-19-7-5-17-13(19)4-6-20-12-8-10(9-15)2-3-11(12)18-14(20)16/h2-3,5,7-8H,4,6H2,1H3,(H2,16,18). The maximum atomic E-state index is 8.99. The van der Waals surface area contributed by atoms with Gasteiger partial charge in [0.1, 0.15) is 5.82 Å². The van der Waals surface area contributed by atoms with Gasteiger partial charge in [0.05, 0.1) is 22.7 Å². The highest BCUT2D eigenvalue weighted by atomic mass is 15.2. The van der Waals surface area contributed by atoms with Gasteiger partial charge in [-0.05, 0) is 18.2 Å². The molecule has 6 heteroatoms. The quantitative estimate of drug-likeness (QED) is 0.777. The van der Waals surface area contributed by atoms with Crippen LogP contribution in [0.4, 0.5) is 5.95 Å². The van der Waals surface area contributed by atoms with Crippen LogP contribution in [0.25, 0.3) is 11.0 Å². The first-order valence-corrected chi connectivity index (χ1v) is 6.31. The minimum atomic E-state index is 0.462. The van der Waals surface area contributed by atoms with E-state index in [0.29, 0.717) is 18.1 Å². The van der Waals surface area contributed by atoms with Gasteiger partial charge in [0.25, 0.3) is 0 Å². The molecular weight excluding hydrogens is 252 g/mol. The minimum Gasteiger partial charge on any atom is -0.369 e. The van der Waals surface area contributed by atoms with Gasteiger partial charge in [-0.25, -0.2) is 9.97 Å². The van der Waals surface area contributed by atoms with Crippen LogP contribution in [0.1, 0.15) is 11.4 Å². The Kier molecular flexibility index (Phi) is 2.88. The largest absolute Gasteiger partial charge is 0.369 e. The number of aromatic nitrogens is 4. The van der Waals surface area contributed by atoms with Gasteiger partial charge in [0, 0.05) is 32.4 Å². The Morgan fingerprint density at radius 1 is 1.40 bits per heavy atom. The van der Waals surface area contributed by atoms with E-state index < -0.39 is 0 Å². The second-order valence-electron chi connectivity index (χ2n) is 4.64. The van der Waals surface area contributed by atoms with Crippen molar-refractivity contribution in [2.24, 2.45) is 7.05 Å². The van der Waals surface area contributed by atoms with Crippen LogP contribution in [0.15, 0.2) is 30.6 Å². The van der Waals surface area contributed by atoms with Gasteiger partial charge in [0.15, 0.2) is 0 Å². The molecule has 6 nitrogen and oxygen atoms in total. The smallest absolute Gasteiger partial charge is 0.201 e. The molecule has 2 N–H and O–H groups in total. The van der Waals surface area contributed by atoms with Crippen molar-refractivity contribution in [2.75, 3.05) is 5.73 Å². The van der Waals surface area contributed by atoms with Gasteiger partial charge in [-0.1, -0.05) is 0 Å². The lowest BCUT2D eigenvalue weighted by Crippen LogP contribution is -2.08. The van der Waals surface area contributed by atoms with E-state index in [9.17, 15) is 0 Å². The number of nitriles is 1. The Bertz CT molecular complexity index is 805. The van der Waals surface area contributed by atoms with Gasteiger partial charge in [-0.2, -0.15) is 5.26 Å². The molecule has 2 aromatic heterocycles. The summed E-state index contributed by atoms with van der Waals surface area (Å²) in [5.41, 5.74) is 8.26. The molecule has 2 heterocycles. The predicted molar refractivity (Wildman–Crippen MR) is 75.8 cm³/mol. The van der Waals surface area contributed by atoms with E-state index in [1.165, 1.54) is 0 Å². The maximum Gasteiger partial charge on any atom is 0.201 e.